The standard InChI is InChI=1S/C78H81N9/c1-73(2,3)46-19-25-61-52(37-46)53-38-47(74(4,5)6)20-26-62(53)85(61)70-68(59-32-35-80-44-83-59)67(58-31-34-79-43-82-58)69(60-33-36-81-45-84-60)71(86-63-27-21-48(75(7,8)9)39-54(63)55-40-49(76(10,11)12)22-28-64(55)86)72(70)87-65-29-23-50(77(13,14)15)41-56(65)57-42-51(78(16,17)18)24-30-66(57)87/h19-45H,1-18H3. The summed E-state index contributed by atoms with van der Waals surface area (Å²) in [6.07, 6.45) is 10.6. The highest BCUT2D eigenvalue weighted by atomic mass is 15.1. The molecule has 13 rings (SSSR count). The Morgan fingerprint density at radius 3 is 0.644 bits per heavy atom. The summed E-state index contributed by atoms with van der Waals surface area (Å²) in [4.78, 5) is 29.9. The summed E-state index contributed by atoms with van der Waals surface area (Å²) >= 11 is 0. The van der Waals surface area contributed by atoms with Gasteiger partial charge in [0.05, 0.1) is 67.2 Å². The molecule has 0 unspecified atom stereocenters. The van der Waals surface area contributed by atoms with Gasteiger partial charge in [0.25, 0.3) is 0 Å². The molecule has 0 radical (unpaired) electrons. The van der Waals surface area contributed by atoms with Gasteiger partial charge >= 0.3 is 0 Å². The van der Waals surface area contributed by atoms with Gasteiger partial charge in [-0.05, 0) is 157 Å². The lowest BCUT2D eigenvalue weighted by molar-refractivity contribution is 0.590. The molecule has 9 nitrogen and oxygen atoms in total. The quantitative estimate of drug-likeness (QED) is 0.165. The first-order valence-electron chi connectivity index (χ1n) is 30.8. The zero-order chi connectivity index (χ0) is 61.7. The van der Waals surface area contributed by atoms with Gasteiger partial charge in [-0.15, -0.1) is 0 Å². The van der Waals surface area contributed by atoms with Crippen molar-refractivity contribution in [1.82, 2.24) is 43.6 Å². The lowest BCUT2D eigenvalue weighted by Gasteiger charge is -2.30. The van der Waals surface area contributed by atoms with Gasteiger partial charge in [-0.2, -0.15) is 0 Å². The number of rotatable bonds is 6. The predicted octanol–water partition coefficient (Wildman–Crippen LogP) is 20.1. The fourth-order valence-corrected chi connectivity index (χ4v) is 13.0. The van der Waals surface area contributed by atoms with Crippen LogP contribution in [0.25, 0.3) is 116 Å². The molecule has 0 aliphatic heterocycles. The molecule has 0 spiro atoms. The summed E-state index contributed by atoms with van der Waals surface area (Å²) in [6, 6.07) is 49.1. The van der Waals surface area contributed by atoms with Crippen molar-refractivity contribution in [2.75, 3.05) is 0 Å². The summed E-state index contributed by atoms with van der Waals surface area (Å²) in [6.45, 7) is 41.6. The minimum Gasteiger partial charge on any atom is -0.306 e. The number of hydrogen-bond acceptors (Lipinski definition) is 6. The van der Waals surface area contributed by atoms with Crippen molar-refractivity contribution in [2.24, 2.45) is 0 Å². The molecular formula is C78H81N9. The molecule has 9 heteroatoms. The highest BCUT2D eigenvalue weighted by molar-refractivity contribution is 6.18. The highest BCUT2D eigenvalue weighted by Crippen LogP contribution is 2.55. The third-order valence-electron chi connectivity index (χ3n) is 18.1. The van der Waals surface area contributed by atoms with Crippen LogP contribution in [0.15, 0.2) is 165 Å². The first kappa shape index (κ1) is 57.3. The summed E-state index contributed by atoms with van der Waals surface area (Å²) in [5, 5.41) is 7.02. The molecule has 0 atom stereocenters. The Morgan fingerprint density at radius 2 is 0.448 bits per heavy atom. The van der Waals surface area contributed by atoms with E-state index < -0.39 is 0 Å². The molecule has 13 aromatic rings. The summed E-state index contributed by atoms with van der Waals surface area (Å²) < 4.78 is 7.70. The van der Waals surface area contributed by atoms with E-state index in [2.05, 4.69) is 275 Å². The first-order chi connectivity index (χ1) is 41.0. The average Bonchev–Trinajstić information content (AvgIpc) is 1.63. The molecule has 0 saturated carbocycles. The van der Waals surface area contributed by atoms with Crippen LogP contribution < -0.4 is 0 Å². The van der Waals surface area contributed by atoms with E-state index in [1.165, 1.54) is 65.7 Å². The zero-order valence-corrected chi connectivity index (χ0v) is 54.1. The predicted molar refractivity (Wildman–Crippen MR) is 365 cm³/mol. The van der Waals surface area contributed by atoms with E-state index in [4.69, 9.17) is 15.0 Å². The number of nitrogens with zero attached hydrogens (tertiary/aromatic N) is 9. The van der Waals surface area contributed by atoms with E-state index >= 15 is 0 Å². The van der Waals surface area contributed by atoms with Crippen LogP contribution in [0.1, 0.15) is 158 Å². The van der Waals surface area contributed by atoms with E-state index in [-0.39, 0.29) is 32.5 Å². The largest absolute Gasteiger partial charge is 0.306 e. The number of hydrogen-bond donors (Lipinski definition) is 0. The number of fused-ring (bicyclic) bond motifs is 9. The molecule has 0 bridgehead atoms. The maximum atomic E-state index is 5.36. The van der Waals surface area contributed by atoms with Crippen LogP contribution in [-0.4, -0.2) is 43.6 Å². The van der Waals surface area contributed by atoms with Crippen molar-refractivity contribution < 1.29 is 0 Å². The summed E-state index contributed by atoms with van der Waals surface area (Å²) in [7, 11) is 0. The van der Waals surface area contributed by atoms with E-state index in [9.17, 15) is 0 Å². The van der Waals surface area contributed by atoms with Crippen molar-refractivity contribution in [3.05, 3.63) is 198 Å². The maximum Gasteiger partial charge on any atom is 0.116 e. The molecule has 0 saturated heterocycles. The molecule has 87 heavy (non-hydrogen) atoms. The van der Waals surface area contributed by atoms with Crippen LogP contribution in [0.5, 0.6) is 0 Å². The lowest BCUT2D eigenvalue weighted by atomic mass is 9.85. The minimum absolute atomic E-state index is 0.134. The topological polar surface area (TPSA) is 92.1 Å². The normalized spacial score (nSPS) is 13.2. The molecule has 0 N–H and O–H groups in total. The van der Waals surface area contributed by atoms with Gasteiger partial charge in [0.15, 0.2) is 0 Å². The van der Waals surface area contributed by atoms with E-state index in [0.717, 1.165) is 78.2 Å². The Balaban J connectivity index is 1.42. The monoisotopic (exact) mass is 1140 g/mol. The molecule has 0 fully saturated rings. The van der Waals surface area contributed by atoms with E-state index in [0.29, 0.717) is 5.69 Å². The van der Waals surface area contributed by atoms with Gasteiger partial charge in [-0.3, -0.25) is 0 Å². The van der Waals surface area contributed by atoms with E-state index in [1.807, 2.05) is 24.7 Å². The smallest absolute Gasteiger partial charge is 0.116 e. The van der Waals surface area contributed by atoms with Gasteiger partial charge in [-0.25, -0.2) is 29.9 Å². The van der Waals surface area contributed by atoms with Gasteiger partial charge in [0, 0.05) is 67.6 Å². The van der Waals surface area contributed by atoms with Crippen molar-refractivity contribution >= 4 is 65.4 Å². The van der Waals surface area contributed by atoms with Crippen molar-refractivity contribution in [3.63, 3.8) is 0 Å². The summed E-state index contributed by atoms with van der Waals surface area (Å²) in [5.41, 5.74) is 20.7. The third kappa shape index (κ3) is 9.60. The molecule has 6 aromatic heterocycles. The van der Waals surface area contributed by atoms with Crippen molar-refractivity contribution in [1.29, 1.82) is 0 Å². The Bertz CT molecular complexity index is 4450. The Kier molecular flexibility index (Phi) is 13.1. The van der Waals surface area contributed by atoms with Crippen LogP contribution in [0.3, 0.4) is 0 Å². The highest BCUT2D eigenvalue weighted by Gasteiger charge is 2.37. The number of aromatic nitrogens is 9. The SMILES string of the molecule is CC(C)(C)c1ccc2c(c1)c1cc(C(C)(C)C)ccc1n2-c1c(-c2ccncn2)c(-c2ccncn2)c(-c2ccncn2)c(-n2c3ccc(C(C)(C)C)cc3c3cc(C(C)(C)C)ccc32)c1-n1c2ccc(C(C)(C)C)cc2c2cc(C(C)(C)C)ccc21. The van der Waals surface area contributed by atoms with E-state index in [1.54, 1.807) is 19.0 Å². The van der Waals surface area contributed by atoms with Gasteiger partial charge in [-0.1, -0.05) is 161 Å². The van der Waals surface area contributed by atoms with Crippen LogP contribution in [-0.2, 0) is 32.5 Å². The van der Waals surface area contributed by atoms with Crippen molar-refractivity contribution in [2.45, 2.75) is 157 Å². The lowest BCUT2D eigenvalue weighted by Crippen LogP contribution is -2.16. The van der Waals surface area contributed by atoms with Gasteiger partial charge in [0.2, 0.25) is 0 Å². The Hall–Kier alpha value is -8.82. The average molecular weight is 1140 g/mol. The van der Waals surface area contributed by atoms with Crippen LogP contribution in [0.4, 0.5) is 0 Å². The minimum atomic E-state index is -0.137. The second-order valence-electron chi connectivity index (χ2n) is 30.4. The van der Waals surface area contributed by atoms with Crippen molar-refractivity contribution in [3.8, 4) is 50.8 Å². The van der Waals surface area contributed by atoms with Crippen LogP contribution in [0.2, 0.25) is 0 Å². The van der Waals surface area contributed by atoms with Gasteiger partial charge < -0.3 is 13.7 Å². The molecule has 0 aliphatic rings. The third-order valence-corrected chi connectivity index (χ3v) is 18.1. The molecule has 7 aromatic carbocycles. The maximum absolute atomic E-state index is 5.36. The fraction of sp³-hybridized carbons (Fsp3) is 0.308. The molecule has 0 amide bonds. The molecule has 0 aliphatic carbocycles. The Labute approximate surface area is 512 Å². The zero-order valence-electron chi connectivity index (χ0n) is 54.1. The number of benzene rings is 7. The molecular weight excluding hydrogens is 1060 g/mol. The first-order valence-corrected chi connectivity index (χ1v) is 30.8. The molecule has 438 valence electrons. The Morgan fingerprint density at radius 1 is 0.241 bits per heavy atom. The van der Waals surface area contributed by atoms with Crippen LogP contribution in [0, 0.1) is 0 Å². The summed E-state index contributed by atoms with van der Waals surface area (Å²) in [5.74, 6) is 0. The van der Waals surface area contributed by atoms with Gasteiger partial charge in [0.1, 0.15) is 19.0 Å². The van der Waals surface area contributed by atoms with Crippen LogP contribution >= 0.6 is 0 Å². The second-order valence-corrected chi connectivity index (χ2v) is 30.4. The second kappa shape index (κ2) is 19.9. The molecule has 6 heterocycles. The fourth-order valence-electron chi connectivity index (χ4n) is 13.0.